The fourth-order valence-corrected chi connectivity index (χ4v) is 8.65. The zero-order valence-electron chi connectivity index (χ0n) is 22.1. The van der Waals surface area contributed by atoms with Crippen molar-refractivity contribution >= 4 is 15.7 Å². The summed E-state index contributed by atoms with van der Waals surface area (Å²) in [6.45, 7) is 10.9. The maximum atomic E-state index is 13.2. The molecule has 4 heterocycles. The lowest BCUT2D eigenvalue weighted by Crippen LogP contribution is -2.59. The number of carbonyl (C=O) groups excluding carboxylic acids is 1. The van der Waals surface area contributed by atoms with Crippen LogP contribution in [0.15, 0.2) is 36.7 Å². The Balaban J connectivity index is 1.21. The molecule has 3 saturated heterocycles. The van der Waals surface area contributed by atoms with Crippen molar-refractivity contribution < 1.29 is 13.2 Å². The lowest BCUT2D eigenvalue weighted by atomic mass is 9.80. The van der Waals surface area contributed by atoms with Gasteiger partial charge in [-0.15, -0.1) is 0 Å². The number of sulfone groups is 1. The molecule has 37 heavy (non-hydrogen) atoms. The number of benzene rings is 1. The molecule has 0 aliphatic carbocycles. The number of fused-ring (bicyclic) bond motifs is 1. The monoisotopic (exact) mass is 525 g/mol. The van der Waals surface area contributed by atoms with Gasteiger partial charge in [-0.25, -0.2) is 18.4 Å². The van der Waals surface area contributed by atoms with Gasteiger partial charge in [0.15, 0.2) is 9.84 Å². The predicted molar refractivity (Wildman–Crippen MR) is 144 cm³/mol. The van der Waals surface area contributed by atoms with E-state index in [2.05, 4.69) is 44.5 Å². The average Bonchev–Trinajstić information content (AvgIpc) is 3.40. The average molecular weight is 526 g/mol. The molecule has 0 bridgehead atoms. The summed E-state index contributed by atoms with van der Waals surface area (Å²) >= 11 is 0. The third-order valence-electron chi connectivity index (χ3n) is 8.61. The van der Waals surface area contributed by atoms with E-state index in [-0.39, 0.29) is 23.5 Å². The van der Waals surface area contributed by atoms with E-state index in [1.807, 2.05) is 31.7 Å². The second-order valence-electron chi connectivity index (χ2n) is 11.1. The van der Waals surface area contributed by atoms with Gasteiger partial charge in [-0.3, -0.25) is 4.79 Å². The number of hydrogen-bond acceptors (Lipinski definition) is 7. The van der Waals surface area contributed by atoms with E-state index in [1.165, 1.54) is 11.9 Å². The number of nitrogens with zero attached hydrogens (tertiary/aromatic N) is 4. The van der Waals surface area contributed by atoms with Crippen molar-refractivity contribution in [3.63, 3.8) is 0 Å². The molecule has 8 nitrogen and oxygen atoms in total. The standard InChI is InChI=1S/C28H39N5O3S/c1-4-12-37(35,36)27-25(13-29-27)24(21-8-6-5-7-9-21)10-11-32-14-22-16-33(17-23(22)15-32)28(34)26-19(2)30-18-31-20(26)3/h5-9,18,22-25,27,29H,4,10-17H2,1-3H3. The van der Waals surface area contributed by atoms with Crippen LogP contribution in [0.5, 0.6) is 0 Å². The highest BCUT2D eigenvalue weighted by atomic mass is 32.2. The fourth-order valence-electron chi connectivity index (χ4n) is 6.66. The van der Waals surface area contributed by atoms with Crippen LogP contribution in [0.2, 0.25) is 0 Å². The summed E-state index contributed by atoms with van der Waals surface area (Å²) in [7, 11) is -3.14. The van der Waals surface area contributed by atoms with Gasteiger partial charge >= 0.3 is 0 Å². The van der Waals surface area contributed by atoms with Crippen molar-refractivity contribution in [2.45, 2.75) is 44.9 Å². The van der Waals surface area contributed by atoms with E-state index < -0.39 is 15.2 Å². The van der Waals surface area contributed by atoms with E-state index in [9.17, 15) is 13.2 Å². The number of amides is 1. The van der Waals surface area contributed by atoms with E-state index in [4.69, 9.17) is 0 Å². The first-order chi connectivity index (χ1) is 17.8. The SMILES string of the molecule is CCCS(=O)(=O)C1NCC1C(CCN1CC2CN(C(=O)c3c(C)ncnc3C)CC2C1)c1ccccc1. The number of hydrogen-bond donors (Lipinski definition) is 1. The van der Waals surface area contributed by atoms with Gasteiger partial charge in [0.25, 0.3) is 5.91 Å². The Morgan fingerprint density at radius 3 is 2.27 bits per heavy atom. The zero-order valence-corrected chi connectivity index (χ0v) is 23.0. The lowest BCUT2D eigenvalue weighted by Gasteiger charge is -2.43. The van der Waals surface area contributed by atoms with Crippen LogP contribution < -0.4 is 5.32 Å². The number of aryl methyl sites for hydroxylation is 2. The van der Waals surface area contributed by atoms with Crippen LogP contribution in [0.4, 0.5) is 0 Å². The number of aromatic nitrogens is 2. The molecular weight excluding hydrogens is 486 g/mol. The molecule has 3 aliphatic heterocycles. The third kappa shape index (κ3) is 5.31. The van der Waals surface area contributed by atoms with Crippen LogP contribution >= 0.6 is 0 Å². The smallest absolute Gasteiger partial charge is 0.257 e. The first-order valence-corrected chi connectivity index (χ1v) is 15.3. The molecule has 9 heteroatoms. The molecule has 2 aromatic rings. The highest BCUT2D eigenvalue weighted by molar-refractivity contribution is 7.92. The van der Waals surface area contributed by atoms with Gasteiger partial charge in [0.05, 0.1) is 22.7 Å². The van der Waals surface area contributed by atoms with Gasteiger partial charge in [-0.05, 0) is 56.6 Å². The minimum atomic E-state index is -3.14. The summed E-state index contributed by atoms with van der Waals surface area (Å²) in [4.78, 5) is 26.2. The predicted octanol–water partition coefficient (Wildman–Crippen LogP) is 2.64. The Labute approximate surface area is 220 Å². The highest BCUT2D eigenvalue weighted by Gasteiger charge is 2.46. The molecule has 5 unspecified atom stereocenters. The molecule has 3 aliphatic rings. The first kappa shape index (κ1) is 26.3. The third-order valence-corrected chi connectivity index (χ3v) is 10.9. The molecule has 1 amide bonds. The molecule has 1 aromatic heterocycles. The number of rotatable bonds is 9. The second-order valence-corrected chi connectivity index (χ2v) is 13.3. The van der Waals surface area contributed by atoms with Crippen molar-refractivity contribution in [1.29, 1.82) is 0 Å². The Kier molecular flexibility index (Phi) is 7.65. The topological polar surface area (TPSA) is 95.5 Å². The summed E-state index contributed by atoms with van der Waals surface area (Å²) < 4.78 is 25.7. The summed E-state index contributed by atoms with van der Waals surface area (Å²) in [5, 5.41) is 2.78. The normalized spacial score (nSPS) is 26.6. The molecule has 3 fully saturated rings. The number of likely N-dealkylation sites (tertiary alicyclic amines) is 2. The van der Waals surface area contributed by atoms with E-state index in [0.717, 1.165) is 57.1 Å². The van der Waals surface area contributed by atoms with Gasteiger partial charge < -0.3 is 15.1 Å². The maximum Gasteiger partial charge on any atom is 0.257 e. The molecule has 0 spiro atoms. The van der Waals surface area contributed by atoms with Crippen molar-refractivity contribution in [3.8, 4) is 0 Å². The van der Waals surface area contributed by atoms with Gasteiger partial charge in [0.2, 0.25) is 0 Å². The van der Waals surface area contributed by atoms with Crippen molar-refractivity contribution in [2.75, 3.05) is 45.0 Å². The molecule has 1 aromatic carbocycles. The molecule has 0 saturated carbocycles. The van der Waals surface area contributed by atoms with Crippen LogP contribution in [-0.2, 0) is 9.84 Å². The highest BCUT2D eigenvalue weighted by Crippen LogP contribution is 2.38. The molecule has 200 valence electrons. The molecular formula is C28H39N5O3S. The lowest BCUT2D eigenvalue weighted by molar-refractivity contribution is 0.0771. The summed E-state index contributed by atoms with van der Waals surface area (Å²) in [6, 6.07) is 10.4. The molecule has 1 N–H and O–H groups in total. The zero-order chi connectivity index (χ0) is 26.2. The quantitative estimate of drug-likeness (QED) is 0.538. The second kappa shape index (κ2) is 10.8. The van der Waals surface area contributed by atoms with Crippen LogP contribution in [0.25, 0.3) is 0 Å². The van der Waals surface area contributed by atoms with Gasteiger partial charge in [-0.1, -0.05) is 37.3 Å². The molecule has 0 radical (unpaired) electrons. The van der Waals surface area contributed by atoms with Gasteiger partial charge in [0.1, 0.15) is 11.7 Å². The van der Waals surface area contributed by atoms with Crippen molar-refractivity contribution in [1.82, 2.24) is 25.1 Å². The Bertz CT molecular complexity index is 1190. The van der Waals surface area contributed by atoms with Crippen LogP contribution in [0.1, 0.15) is 53.0 Å². The maximum absolute atomic E-state index is 13.2. The van der Waals surface area contributed by atoms with Crippen molar-refractivity contribution in [3.05, 3.63) is 59.2 Å². The summed E-state index contributed by atoms with van der Waals surface area (Å²) in [6.07, 6.45) is 3.11. The van der Waals surface area contributed by atoms with Crippen molar-refractivity contribution in [2.24, 2.45) is 17.8 Å². The summed E-state index contributed by atoms with van der Waals surface area (Å²) in [5.41, 5.74) is 3.37. The van der Waals surface area contributed by atoms with E-state index in [0.29, 0.717) is 23.8 Å². The van der Waals surface area contributed by atoms with Crippen LogP contribution in [0.3, 0.4) is 0 Å². The molecule has 5 rings (SSSR count). The van der Waals surface area contributed by atoms with Gasteiger partial charge in [-0.2, -0.15) is 0 Å². The van der Waals surface area contributed by atoms with Crippen LogP contribution in [0, 0.1) is 31.6 Å². The Morgan fingerprint density at radius 2 is 1.70 bits per heavy atom. The Hall–Kier alpha value is -2.36. The fraction of sp³-hybridized carbons (Fsp3) is 0.607. The largest absolute Gasteiger partial charge is 0.338 e. The van der Waals surface area contributed by atoms with Gasteiger partial charge in [0, 0.05) is 38.6 Å². The Morgan fingerprint density at radius 1 is 1.05 bits per heavy atom. The number of carbonyl (C=O) groups is 1. The number of nitrogens with one attached hydrogen (secondary N) is 1. The molecule has 5 atom stereocenters. The minimum absolute atomic E-state index is 0.0532. The van der Waals surface area contributed by atoms with E-state index in [1.54, 1.807) is 0 Å². The summed E-state index contributed by atoms with van der Waals surface area (Å²) in [5.74, 6) is 1.56. The van der Waals surface area contributed by atoms with E-state index >= 15 is 0 Å². The first-order valence-electron chi connectivity index (χ1n) is 13.6. The van der Waals surface area contributed by atoms with Crippen LogP contribution in [-0.4, -0.2) is 84.5 Å². The minimum Gasteiger partial charge on any atom is -0.338 e.